The fraction of sp³-hybridized carbons (Fsp3) is 0.450. The summed E-state index contributed by atoms with van der Waals surface area (Å²) in [5.41, 5.74) is 5.28. The summed E-state index contributed by atoms with van der Waals surface area (Å²) in [6.45, 7) is 11.5. The molecule has 1 aromatic heterocycles. The Hall–Kier alpha value is -1.63. The minimum atomic E-state index is 0.190. The molecule has 0 spiro atoms. The van der Waals surface area contributed by atoms with Gasteiger partial charge in [-0.05, 0) is 41.9 Å². The van der Waals surface area contributed by atoms with Crippen molar-refractivity contribution >= 4 is 0 Å². The van der Waals surface area contributed by atoms with E-state index in [9.17, 15) is 0 Å². The van der Waals surface area contributed by atoms with Crippen LogP contribution in [-0.4, -0.2) is 4.98 Å². The lowest BCUT2D eigenvalue weighted by Crippen LogP contribution is -2.30. The SMILES string of the molecule is CCC(C)C(C)(CC)c1ccccc1-c1ncccc1C. The number of hydrogen-bond acceptors (Lipinski definition) is 1. The lowest BCUT2D eigenvalue weighted by Gasteiger charge is -2.36. The van der Waals surface area contributed by atoms with Crippen LogP contribution in [0, 0.1) is 12.8 Å². The first-order chi connectivity index (χ1) is 10.0. The molecule has 112 valence electrons. The van der Waals surface area contributed by atoms with E-state index in [0.29, 0.717) is 5.92 Å². The summed E-state index contributed by atoms with van der Waals surface area (Å²) in [6, 6.07) is 13.0. The highest BCUT2D eigenvalue weighted by Gasteiger charge is 2.32. The molecule has 1 aromatic carbocycles. The van der Waals surface area contributed by atoms with Crippen LogP contribution in [0.5, 0.6) is 0 Å². The van der Waals surface area contributed by atoms with E-state index in [1.165, 1.54) is 23.1 Å². The Balaban J connectivity index is 2.64. The van der Waals surface area contributed by atoms with Gasteiger partial charge in [0.05, 0.1) is 5.69 Å². The maximum Gasteiger partial charge on any atom is 0.0734 e. The van der Waals surface area contributed by atoms with Gasteiger partial charge < -0.3 is 0 Å². The predicted octanol–water partition coefficient (Wildman–Crippen LogP) is 5.77. The van der Waals surface area contributed by atoms with E-state index >= 15 is 0 Å². The largest absolute Gasteiger partial charge is 0.256 e. The van der Waals surface area contributed by atoms with Crippen LogP contribution in [0.15, 0.2) is 42.6 Å². The summed E-state index contributed by atoms with van der Waals surface area (Å²) in [7, 11) is 0. The van der Waals surface area contributed by atoms with Gasteiger partial charge >= 0.3 is 0 Å². The van der Waals surface area contributed by atoms with Gasteiger partial charge in [-0.15, -0.1) is 0 Å². The standard InChI is InChI=1S/C20H27N/c1-6-16(4)20(5,7-2)18-13-9-8-12-17(18)19-15(3)11-10-14-21-19/h8-14,16H,6-7H2,1-5H3. The van der Waals surface area contributed by atoms with E-state index in [1.807, 2.05) is 12.3 Å². The van der Waals surface area contributed by atoms with E-state index in [4.69, 9.17) is 0 Å². The van der Waals surface area contributed by atoms with E-state index < -0.39 is 0 Å². The van der Waals surface area contributed by atoms with Crippen LogP contribution in [0.3, 0.4) is 0 Å². The maximum atomic E-state index is 4.64. The van der Waals surface area contributed by atoms with E-state index in [0.717, 1.165) is 12.1 Å². The smallest absolute Gasteiger partial charge is 0.0734 e. The van der Waals surface area contributed by atoms with E-state index in [1.54, 1.807) is 0 Å². The van der Waals surface area contributed by atoms with Gasteiger partial charge in [-0.3, -0.25) is 4.98 Å². The van der Waals surface area contributed by atoms with Gasteiger partial charge in [0, 0.05) is 11.8 Å². The second-order valence-corrected chi connectivity index (χ2v) is 6.29. The molecule has 1 heterocycles. The number of rotatable bonds is 5. The van der Waals surface area contributed by atoms with Gasteiger partial charge in [0.25, 0.3) is 0 Å². The Morgan fingerprint density at radius 1 is 1.10 bits per heavy atom. The van der Waals surface area contributed by atoms with Crippen LogP contribution in [0.1, 0.15) is 51.7 Å². The van der Waals surface area contributed by atoms with Gasteiger partial charge in [0.2, 0.25) is 0 Å². The first-order valence-electron chi connectivity index (χ1n) is 8.06. The van der Waals surface area contributed by atoms with Gasteiger partial charge in [-0.2, -0.15) is 0 Å². The van der Waals surface area contributed by atoms with Crippen molar-refractivity contribution in [1.29, 1.82) is 0 Å². The molecule has 2 rings (SSSR count). The molecular formula is C20H27N. The fourth-order valence-electron chi connectivity index (χ4n) is 3.21. The van der Waals surface area contributed by atoms with E-state index in [2.05, 4.69) is 69.9 Å². The molecule has 0 radical (unpaired) electrons. The average Bonchev–Trinajstić information content (AvgIpc) is 2.54. The van der Waals surface area contributed by atoms with Crippen molar-refractivity contribution < 1.29 is 0 Å². The molecular weight excluding hydrogens is 254 g/mol. The van der Waals surface area contributed by atoms with Crippen LogP contribution >= 0.6 is 0 Å². The number of benzene rings is 1. The monoisotopic (exact) mass is 281 g/mol. The average molecular weight is 281 g/mol. The number of aromatic nitrogens is 1. The molecule has 2 atom stereocenters. The molecule has 2 unspecified atom stereocenters. The van der Waals surface area contributed by atoms with Gasteiger partial charge in [-0.25, -0.2) is 0 Å². The van der Waals surface area contributed by atoms with Crippen LogP contribution in [0.2, 0.25) is 0 Å². The first-order valence-corrected chi connectivity index (χ1v) is 8.06. The van der Waals surface area contributed by atoms with Crippen LogP contribution < -0.4 is 0 Å². The predicted molar refractivity (Wildman–Crippen MR) is 91.5 cm³/mol. The number of hydrogen-bond donors (Lipinski definition) is 0. The summed E-state index contributed by atoms with van der Waals surface area (Å²) in [4.78, 5) is 4.64. The normalized spacial score (nSPS) is 15.5. The number of nitrogens with zero attached hydrogens (tertiary/aromatic N) is 1. The lowest BCUT2D eigenvalue weighted by molar-refractivity contribution is 0.296. The third kappa shape index (κ3) is 2.88. The van der Waals surface area contributed by atoms with Crippen molar-refractivity contribution in [3.8, 4) is 11.3 Å². The minimum absolute atomic E-state index is 0.190. The van der Waals surface area contributed by atoms with Crippen LogP contribution in [-0.2, 0) is 5.41 Å². The molecule has 21 heavy (non-hydrogen) atoms. The first kappa shape index (κ1) is 15.8. The summed E-state index contributed by atoms with van der Waals surface area (Å²) < 4.78 is 0. The zero-order valence-electron chi connectivity index (χ0n) is 14.0. The van der Waals surface area contributed by atoms with Gasteiger partial charge in [0.15, 0.2) is 0 Å². The highest BCUT2D eigenvalue weighted by Crippen LogP contribution is 2.42. The van der Waals surface area contributed by atoms with Gasteiger partial charge in [0.1, 0.15) is 0 Å². The minimum Gasteiger partial charge on any atom is -0.256 e. The number of pyridine rings is 1. The summed E-state index contributed by atoms with van der Waals surface area (Å²) in [6.07, 6.45) is 4.23. The van der Waals surface area contributed by atoms with Crippen LogP contribution in [0.4, 0.5) is 0 Å². The Bertz CT molecular complexity index is 602. The van der Waals surface area contributed by atoms with E-state index in [-0.39, 0.29) is 5.41 Å². The Morgan fingerprint density at radius 2 is 1.81 bits per heavy atom. The maximum absolute atomic E-state index is 4.64. The molecule has 0 aliphatic rings. The van der Waals surface area contributed by atoms with Crippen molar-refractivity contribution in [3.05, 3.63) is 53.7 Å². The second-order valence-electron chi connectivity index (χ2n) is 6.29. The highest BCUT2D eigenvalue weighted by atomic mass is 14.7. The molecule has 0 aliphatic carbocycles. The summed E-state index contributed by atoms with van der Waals surface area (Å²) >= 11 is 0. The molecule has 2 aromatic rings. The molecule has 0 amide bonds. The molecule has 0 saturated heterocycles. The molecule has 0 saturated carbocycles. The van der Waals surface area contributed by atoms with Gasteiger partial charge in [-0.1, -0.05) is 64.4 Å². The van der Waals surface area contributed by atoms with Crippen molar-refractivity contribution in [2.75, 3.05) is 0 Å². The quantitative estimate of drug-likeness (QED) is 0.678. The molecule has 1 nitrogen and oxygen atoms in total. The fourth-order valence-corrected chi connectivity index (χ4v) is 3.21. The second kappa shape index (κ2) is 6.43. The lowest BCUT2D eigenvalue weighted by atomic mass is 9.68. The van der Waals surface area contributed by atoms with Crippen molar-refractivity contribution in [1.82, 2.24) is 4.98 Å². The highest BCUT2D eigenvalue weighted by molar-refractivity contribution is 5.68. The molecule has 0 N–H and O–H groups in total. The Morgan fingerprint density at radius 3 is 2.43 bits per heavy atom. The molecule has 0 aliphatic heterocycles. The molecule has 0 bridgehead atoms. The summed E-state index contributed by atoms with van der Waals surface area (Å²) in [5, 5.41) is 0. The molecule has 1 heteroatoms. The zero-order valence-corrected chi connectivity index (χ0v) is 14.0. The van der Waals surface area contributed by atoms with Crippen molar-refractivity contribution in [2.45, 2.75) is 52.9 Å². The van der Waals surface area contributed by atoms with Crippen LogP contribution in [0.25, 0.3) is 11.3 Å². The third-order valence-corrected chi connectivity index (χ3v) is 5.24. The topological polar surface area (TPSA) is 12.9 Å². The number of aryl methyl sites for hydroxylation is 1. The Kier molecular flexibility index (Phi) is 4.82. The summed E-state index contributed by atoms with van der Waals surface area (Å²) in [5.74, 6) is 0.646. The molecule has 0 fully saturated rings. The Labute approximate surface area is 129 Å². The van der Waals surface area contributed by atoms with Crippen molar-refractivity contribution in [3.63, 3.8) is 0 Å². The third-order valence-electron chi connectivity index (χ3n) is 5.24. The van der Waals surface area contributed by atoms with Crippen molar-refractivity contribution in [2.24, 2.45) is 5.92 Å². The zero-order chi connectivity index (χ0) is 15.5.